The minimum Gasteiger partial charge on any atom is -0.494 e. The molecule has 1 aromatic carbocycles. The van der Waals surface area contributed by atoms with Gasteiger partial charge in [-0.15, -0.1) is 0 Å². The lowest BCUT2D eigenvalue weighted by Crippen LogP contribution is -2.45. The normalized spacial score (nSPS) is 12.3. The minimum atomic E-state index is -0.846. The third-order valence-electron chi connectivity index (χ3n) is 2.88. The molecule has 0 aliphatic carbocycles. The van der Waals surface area contributed by atoms with Crippen LogP contribution in [0.2, 0.25) is 0 Å². The molecule has 0 radical (unpaired) electrons. The molecule has 1 atom stereocenters. The van der Waals surface area contributed by atoms with Crippen LogP contribution in [0.25, 0.3) is 0 Å². The smallest absolute Gasteiger partial charge is 0.408 e. The van der Waals surface area contributed by atoms with Crippen molar-refractivity contribution in [1.29, 1.82) is 0 Å². The van der Waals surface area contributed by atoms with E-state index in [1.165, 1.54) is 7.11 Å². The van der Waals surface area contributed by atoms with Crippen molar-refractivity contribution in [2.75, 3.05) is 14.2 Å². The molecule has 0 spiro atoms. The number of hydrogen-bond donors (Lipinski definition) is 1. The first-order valence-electron chi connectivity index (χ1n) is 7.16. The van der Waals surface area contributed by atoms with Crippen LogP contribution in [-0.2, 0) is 20.7 Å². The van der Waals surface area contributed by atoms with Gasteiger partial charge in [-0.3, -0.25) is 0 Å². The van der Waals surface area contributed by atoms with Gasteiger partial charge in [0.15, 0.2) is 0 Å². The van der Waals surface area contributed by atoms with Crippen LogP contribution in [0, 0.1) is 3.57 Å². The predicted molar refractivity (Wildman–Crippen MR) is 102 cm³/mol. The second-order valence-corrected chi connectivity index (χ2v) is 8.04. The maximum atomic E-state index is 12.0. The highest BCUT2D eigenvalue weighted by molar-refractivity contribution is 14.1. The van der Waals surface area contributed by atoms with Crippen molar-refractivity contribution < 1.29 is 23.8 Å². The number of esters is 1. The number of methoxy groups -OCH3 is 2. The Labute approximate surface area is 163 Å². The third-order valence-corrected chi connectivity index (χ3v) is 4.27. The highest BCUT2D eigenvalue weighted by Crippen LogP contribution is 2.32. The van der Waals surface area contributed by atoms with Crippen molar-refractivity contribution in [1.82, 2.24) is 5.32 Å². The molecule has 1 N–H and O–H groups in total. The summed E-state index contributed by atoms with van der Waals surface area (Å²) in [7, 11) is 2.86. The Kier molecular flexibility index (Phi) is 7.78. The molecule has 0 heterocycles. The molecule has 8 heteroatoms. The standard InChI is InChI=1S/C16H21BrINO5/c1-16(2,3)24-15(21)19-12(14(20)23-5)8-9-6-10(17)13(22-4)11(18)7-9/h6-7,12H,8H2,1-5H3,(H,19,21). The molecule has 0 saturated heterocycles. The Morgan fingerprint density at radius 1 is 1.29 bits per heavy atom. The molecule has 0 aliphatic rings. The van der Waals surface area contributed by atoms with Crippen LogP contribution in [-0.4, -0.2) is 37.9 Å². The number of halogens is 2. The van der Waals surface area contributed by atoms with Crippen LogP contribution in [0.1, 0.15) is 26.3 Å². The van der Waals surface area contributed by atoms with Gasteiger partial charge in [-0.25, -0.2) is 9.59 Å². The molecule has 0 bridgehead atoms. The van der Waals surface area contributed by atoms with E-state index in [9.17, 15) is 9.59 Å². The van der Waals surface area contributed by atoms with Crippen LogP contribution in [0.4, 0.5) is 4.79 Å². The lowest BCUT2D eigenvalue weighted by molar-refractivity contribution is -0.143. The van der Waals surface area contributed by atoms with Gasteiger partial charge in [-0.2, -0.15) is 0 Å². The van der Waals surface area contributed by atoms with E-state index in [1.54, 1.807) is 27.9 Å². The van der Waals surface area contributed by atoms with Crippen molar-refractivity contribution >= 4 is 50.6 Å². The summed E-state index contributed by atoms with van der Waals surface area (Å²) in [6, 6.07) is 2.88. The molecular weight excluding hydrogens is 493 g/mol. The quantitative estimate of drug-likeness (QED) is 0.480. The van der Waals surface area contributed by atoms with Crippen molar-refractivity contribution in [2.24, 2.45) is 0 Å². The highest BCUT2D eigenvalue weighted by Gasteiger charge is 2.25. The zero-order valence-electron chi connectivity index (χ0n) is 14.2. The summed E-state index contributed by atoms with van der Waals surface area (Å²) in [5.74, 6) is 0.178. The van der Waals surface area contributed by atoms with E-state index in [0.29, 0.717) is 5.75 Å². The third kappa shape index (κ3) is 6.46. The topological polar surface area (TPSA) is 73.9 Å². The molecule has 0 saturated carbocycles. The zero-order valence-corrected chi connectivity index (χ0v) is 18.0. The van der Waals surface area contributed by atoms with Gasteiger partial charge in [0.2, 0.25) is 0 Å². The number of amides is 1. The van der Waals surface area contributed by atoms with Gasteiger partial charge in [0.25, 0.3) is 0 Å². The molecular formula is C16H21BrINO5. The predicted octanol–water partition coefficient (Wildman–Crippen LogP) is 3.67. The molecule has 0 aromatic heterocycles. The summed E-state index contributed by atoms with van der Waals surface area (Å²) in [5.41, 5.74) is 0.196. The fraction of sp³-hybridized carbons (Fsp3) is 0.500. The SMILES string of the molecule is COC(=O)C(Cc1cc(Br)c(OC)c(I)c1)NC(=O)OC(C)(C)C. The van der Waals surface area contributed by atoms with E-state index >= 15 is 0 Å². The van der Waals surface area contributed by atoms with E-state index in [1.807, 2.05) is 12.1 Å². The molecule has 1 unspecified atom stereocenters. The summed E-state index contributed by atoms with van der Waals surface area (Å²) in [6.45, 7) is 5.26. The Morgan fingerprint density at radius 2 is 1.92 bits per heavy atom. The molecule has 1 aromatic rings. The first kappa shape index (κ1) is 21.0. The van der Waals surface area contributed by atoms with Crippen LogP contribution in [0.3, 0.4) is 0 Å². The maximum Gasteiger partial charge on any atom is 0.408 e. The summed E-state index contributed by atoms with van der Waals surface area (Å²) in [6.07, 6.45) is -0.398. The van der Waals surface area contributed by atoms with Crippen LogP contribution in [0.15, 0.2) is 16.6 Å². The Morgan fingerprint density at radius 3 is 2.38 bits per heavy atom. The number of alkyl carbamates (subject to hydrolysis) is 1. The van der Waals surface area contributed by atoms with Gasteiger partial charge in [0, 0.05) is 6.42 Å². The fourth-order valence-corrected chi connectivity index (χ4v) is 3.90. The summed E-state index contributed by atoms with van der Waals surface area (Å²) in [5, 5.41) is 2.56. The van der Waals surface area contributed by atoms with E-state index in [4.69, 9.17) is 14.2 Å². The average molecular weight is 514 g/mol. The van der Waals surface area contributed by atoms with Crippen molar-refractivity contribution in [3.8, 4) is 5.75 Å². The van der Waals surface area contributed by atoms with E-state index in [0.717, 1.165) is 13.6 Å². The lowest BCUT2D eigenvalue weighted by Gasteiger charge is -2.22. The number of ether oxygens (including phenoxy) is 3. The van der Waals surface area contributed by atoms with Crippen LogP contribution >= 0.6 is 38.5 Å². The van der Waals surface area contributed by atoms with E-state index in [-0.39, 0.29) is 6.42 Å². The number of rotatable bonds is 5. The van der Waals surface area contributed by atoms with Gasteiger partial charge in [-0.1, -0.05) is 0 Å². The first-order chi connectivity index (χ1) is 11.1. The number of nitrogens with one attached hydrogen (secondary N) is 1. The van der Waals surface area contributed by atoms with E-state index in [2.05, 4.69) is 43.8 Å². The zero-order chi connectivity index (χ0) is 18.5. The molecule has 1 amide bonds. The second-order valence-electron chi connectivity index (χ2n) is 6.02. The van der Waals surface area contributed by atoms with Gasteiger partial charge in [0.1, 0.15) is 17.4 Å². The molecule has 0 aliphatic heterocycles. The Hall–Kier alpha value is -1.03. The number of carbonyl (C=O) groups is 2. The molecule has 0 fully saturated rings. The van der Waals surface area contributed by atoms with Gasteiger partial charge >= 0.3 is 12.1 Å². The second kappa shape index (κ2) is 8.89. The maximum absolute atomic E-state index is 12.0. The van der Waals surface area contributed by atoms with Crippen molar-refractivity contribution in [3.63, 3.8) is 0 Å². The Balaban J connectivity index is 2.95. The molecule has 6 nitrogen and oxygen atoms in total. The molecule has 24 heavy (non-hydrogen) atoms. The summed E-state index contributed by atoms with van der Waals surface area (Å²) < 4.78 is 16.9. The fourth-order valence-electron chi connectivity index (χ4n) is 1.95. The van der Waals surface area contributed by atoms with Crippen molar-refractivity contribution in [3.05, 3.63) is 25.7 Å². The number of hydrogen-bond acceptors (Lipinski definition) is 5. The number of benzene rings is 1. The van der Waals surface area contributed by atoms with Gasteiger partial charge in [-0.05, 0) is 77.0 Å². The first-order valence-corrected chi connectivity index (χ1v) is 9.03. The number of carbonyl (C=O) groups excluding carboxylic acids is 2. The molecule has 134 valence electrons. The van der Waals surface area contributed by atoms with Crippen molar-refractivity contribution in [2.45, 2.75) is 38.8 Å². The average Bonchev–Trinajstić information content (AvgIpc) is 2.43. The monoisotopic (exact) mass is 513 g/mol. The van der Waals surface area contributed by atoms with E-state index < -0.39 is 23.7 Å². The van der Waals surface area contributed by atoms with Crippen LogP contribution < -0.4 is 10.1 Å². The van der Waals surface area contributed by atoms with Gasteiger partial charge in [0.05, 0.1) is 22.3 Å². The van der Waals surface area contributed by atoms with Crippen LogP contribution in [0.5, 0.6) is 5.75 Å². The highest BCUT2D eigenvalue weighted by atomic mass is 127. The summed E-state index contributed by atoms with van der Waals surface area (Å²) in [4.78, 5) is 23.9. The lowest BCUT2D eigenvalue weighted by atomic mass is 10.1. The summed E-state index contributed by atoms with van der Waals surface area (Å²) >= 11 is 5.58. The Bertz CT molecular complexity index is 592. The minimum absolute atomic E-state index is 0.268. The largest absolute Gasteiger partial charge is 0.494 e. The molecule has 1 rings (SSSR count). The van der Waals surface area contributed by atoms with Gasteiger partial charge < -0.3 is 19.5 Å².